The molecular formula is C20H22ClFN2O2. The molecule has 138 valence electrons. The smallest absolute Gasteiger partial charge is 0.251 e. The van der Waals surface area contributed by atoms with E-state index in [4.69, 9.17) is 16.3 Å². The molecule has 1 aliphatic heterocycles. The van der Waals surface area contributed by atoms with Gasteiger partial charge in [-0.05, 0) is 49.8 Å². The van der Waals surface area contributed by atoms with Gasteiger partial charge in [0.2, 0.25) is 0 Å². The molecule has 0 saturated carbocycles. The van der Waals surface area contributed by atoms with Crippen LogP contribution in [0.4, 0.5) is 4.39 Å². The van der Waals surface area contributed by atoms with Gasteiger partial charge in [0.25, 0.3) is 5.91 Å². The molecule has 6 heteroatoms. The van der Waals surface area contributed by atoms with E-state index in [0.29, 0.717) is 30.7 Å². The topological polar surface area (TPSA) is 41.6 Å². The number of carbonyl (C=O) groups is 1. The molecule has 1 amide bonds. The lowest BCUT2D eigenvalue weighted by molar-refractivity contribution is 0.0819. The van der Waals surface area contributed by atoms with Crippen LogP contribution in [0.15, 0.2) is 42.5 Å². The Labute approximate surface area is 157 Å². The summed E-state index contributed by atoms with van der Waals surface area (Å²) in [5.41, 5.74) is 2.29. The van der Waals surface area contributed by atoms with Gasteiger partial charge in [-0.25, -0.2) is 4.39 Å². The summed E-state index contributed by atoms with van der Waals surface area (Å²) in [5, 5.41) is 3.13. The number of carbonyl (C=O) groups excluding carboxylic acids is 1. The van der Waals surface area contributed by atoms with Crippen LogP contribution in [0, 0.1) is 5.82 Å². The highest BCUT2D eigenvalue weighted by atomic mass is 35.5. The van der Waals surface area contributed by atoms with Gasteiger partial charge in [0.15, 0.2) is 0 Å². The average Bonchev–Trinajstić information content (AvgIpc) is 3.05. The fourth-order valence-corrected chi connectivity index (χ4v) is 3.34. The molecule has 4 nitrogen and oxygen atoms in total. The highest BCUT2D eigenvalue weighted by Gasteiger charge is 2.32. The summed E-state index contributed by atoms with van der Waals surface area (Å²) in [4.78, 5) is 14.8. The predicted molar refractivity (Wildman–Crippen MR) is 99.8 cm³/mol. The van der Waals surface area contributed by atoms with E-state index in [-0.39, 0.29) is 23.1 Å². The van der Waals surface area contributed by atoms with Crippen LogP contribution in [0.5, 0.6) is 0 Å². The molecule has 3 rings (SSSR count). The number of amides is 1. The van der Waals surface area contributed by atoms with Crippen LogP contribution < -0.4 is 5.32 Å². The molecule has 2 aromatic rings. The normalized spacial score (nSPS) is 19.7. The fraction of sp³-hybridized carbons (Fsp3) is 0.350. The van der Waals surface area contributed by atoms with Crippen LogP contribution in [0.1, 0.15) is 34.0 Å². The molecule has 26 heavy (non-hydrogen) atoms. The summed E-state index contributed by atoms with van der Waals surface area (Å²) in [6, 6.07) is 12.0. The SMILES string of the molecule is CN(C)Cc1ccccc1C(=O)N[C@@H]1CCO[C@@H]1c1ccc(Cl)c(F)c1. The second-order valence-electron chi connectivity index (χ2n) is 6.73. The maximum Gasteiger partial charge on any atom is 0.251 e. The maximum absolute atomic E-state index is 13.8. The van der Waals surface area contributed by atoms with E-state index >= 15 is 0 Å². The lowest BCUT2D eigenvalue weighted by atomic mass is 10.0. The number of halogens is 2. The van der Waals surface area contributed by atoms with Crippen molar-refractivity contribution in [2.45, 2.75) is 25.1 Å². The van der Waals surface area contributed by atoms with Crippen LogP contribution >= 0.6 is 11.6 Å². The van der Waals surface area contributed by atoms with Gasteiger partial charge in [0.1, 0.15) is 11.9 Å². The van der Waals surface area contributed by atoms with Gasteiger partial charge in [-0.2, -0.15) is 0 Å². The maximum atomic E-state index is 13.8. The zero-order valence-corrected chi connectivity index (χ0v) is 15.6. The fourth-order valence-electron chi connectivity index (χ4n) is 3.22. The van der Waals surface area contributed by atoms with Crippen molar-refractivity contribution >= 4 is 17.5 Å². The van der Waals surface area contributed by atoms with Crippen molar-refractivity contribution in [3.63, 3.8) is 0 Å². The summed E-state index contributed by atoms with van der Waals surface area (Å²) in [6.07, 6.45) is 0.294. The molecule has 0 bridgehead atoms. The number of nitrogens with one attached hydrogen (secondary N) is 1. The predicted octanol–water partition coefficient (Wildman–Crippen LogP) is 3.80. The molecule has 1 fully saturated rings. The highest BCUT2D eigenvalue weighted by molar-refractivity contribution is 6.30. The van der Waals surface area contributed by atoms with Gasteiger partial charge in [0.05, 0.1) is 11.1 Å². The number of hydrogen-bond acceptors (Lipinski definition) is 3. The van der Waals surface area contributed by atoms with Gasteiger partial charge in [-0.15, -0.1) is 0 Å². The van der Waals surface area contributed by atoms with E-state index in [9.17, 15) is 9.18 Å². The van der Waals surface area contributed by atoms with Crippen LogP contribution in [0.25, 0.3) is 0 Å². The summed E-state index contributed by atoms with van der Waals surface area (Å²) >= 11 is 5.76. The molecule has 1 saturated heterocycles. The van der Waals surface area contributed by atoms with Crippen LogP contribution in [0.3, 0.4) is 0 Å². The lowest BCUT2D eigenvalue weighted by Gasteiger charge is -2.21. The Morgan fingerprint density at radius 1 is 1.31 bits per heavy atom. The van der Waals surface area contributed by atoms with Gasteiger partial charge >= 0.3 is 0 Å². The van der Waals surface area contributed by atoms with E-state index in [0.717, 1.165) is 5.56 Å². The van der Waals surface area contributed by atoms with Gasteiger partial charge in [-0.1, -0.05) is 35.9 Å². The molecule has 0 unspecified atom stereocenters. The summed E-state index contributed by atoms with van der Waals surface area (Å²) < 4.78 is 19.5. The molecule has 2 aromatic carbocycles. The standard InChI is InChI=1S/C20H22ClFN2O2/c1-24(2)12-14-5-3-4-6-15(14)20(25)23-18-9-10-26-19(18)13-7-8-16(21)17(22)11-13/h3-8,11,18-19H,9-10,12H2,1-2H3,(H,23,25)/t18-,19-/m1/s1. The zero-order valence-electron chi connectivity index (χ0n) is 14.8. The largest absolute Gasteiger partial charge is 0.371 e. The third-order valence-electron chi connectivity index (χ3n) is 4.43. The minimum Gasteiger partial charge on any atom is -0.371 e. The van der Waals surface area contributed by atoms with Crippen molar-refractivity contribution in [3.05, 3.63) is 70.0 Å². The Hall–Kier alpha value is -1.95. The van der Waals surface area contributed by atoms with Crippen molar-refractivity contribution in [1.29, 1.82) is 0 Å². The number of rotatable bonds is 5. The Morgan fingerprint density at radius 2 is 2.08 bits per heavy atom. The molecule has 1 aliphatic rings. The second kappa shape index (κ2) is 8.16. The van der Waals surface area contributed by atoms with E-state index in [2.05, 4.69) is 5.32 Å². The molecule has 0 radical (unpaired) electrons. The first kappa shape index (κ1) is 18.8. The van der Waals surface area contributed by atoms with Crippen molar-refractivity contribution in [3.8, 4) is 0 Å². The number of ether oxygens (including phenoxy) is 1. The Morgan fingerprint density at radius 3 is 2.81 bits per heavy atom. The summed E-state index contributed by atoms with van der Waals surface area (Å²) in [6.45, 7) is 1.19. The van der Waals surface area contributed by atoms with Crippen molar-refractivity contribution in [2.24, 2.45) is 0 Å². The van der Waals surface area contributed by atoms with Crippen molar-refractivity contribution in [1.82, 2.24) is 10.2 Å². The third kappa shape index (κ3) is 4.23. The first-order valence-electron chi connectivity index (χ1n) is 8.55. The first-order valence-corrected chi connectivity index (χ1v) is 8.93. The first-order chi connectivity index (χ1) is 12.5. The highest BCUT2D eigenvalue weighted by Crippen LogP contribution is 2.31. The summed E-state index contributed by atoms with van der Waals surface area (Å²) in [7, 11) is 3.93. The molecule has 1 heterocycles. The number of hydrogen-bond donors (Lipinski definition) is 1. The van der Waals surface area contributed by atoms with E-state index in [1.165, 1.54) is 12.1 Å². The monoisotopic (exact) mass is 376 g/mol. The summed E-state index contributed by atoms with van der Waals surface area (Å²) in [5.74, 6) is -0.626. The van der Waals surface area contributed by atoms with Gasteiger partial charge in [-0.3, -0.25) is 4.79 Å². The quantitative estimate of drug-likeness (QED) is 0.863. The second-order valence-corrected chi connectivity index (χ2v) is 7.14. The minimum absolute atomic E-state index is 0.0740. The molecule has 0 aliphatic carbocycles. The molecular weight excluding hydrogens is 355 g/mol. The molecule has 2 atom stereocenters. The number of nitrogens with zero attached hydrogens (tertiary/aromatic N) is 1. The van der Waals surface area contributed by atoms with Crippen LogP contribution in [-0.2, 0) is 11.3 Å². The lowest BCUT2D eigenvalue weighted by Crippen LogP contribution is -2.37. The van der Waals surface area contributed by atoms with Gasteiger partial charge in [0, 0.05) is 18.7 Å². The molecule has 1 N–H and O–H groups in total. The Balaban J connectivity index is 1.77. The zero-order chi connectivity index (χ0) is 18.7. The molecule has 0 aromatic heterocycles. The average molecular weight is 377 g/mol. The van der Waals surface area contributed by atoms with E-state index < -0.39 is 5.82 Å². The van der Waals surface area contributed by atoms with Crippen molar-refractivity contribution < 1.29 is 13.9 Å². The molecule has 0 spiro atoms. The minimum atomic E-state index is -0.485. The van der Waals surface area contributed by atoms with E-state index in [1.807, 2.05) is 43.3 Å². The van der Waals surface area contributed by atoms with Crippen molar-refractivity contribution in [2.75, 3.05) is 20.7 Å². The van der Waals surface area contributed by atoms with Crippen LogP contribution in [-0.4, -0.2) is 37.6 Å². The van der Waals surface area contributed by atoms with Gasteiger partial charge < -0.3 is 15.0 Å². The Bertz CT molecular complexity index is 797. The van der Waals surface area contributed by atoms with Crippen LogP contribution in [0.2, 0.25) is 5.02 Å². The number of benzene rings is 2. The third-order valence-corrected chi connectivity index (χ3v) is 4.74. The van der Waals surface area contributed by atoms with E-state index in [1.54, 1.807) is 6.07 Å². The Kier molecular flexibility index (Phi) is 5.91.